The van der Waals surface area contributed by atoms with E-state index in [1.54, 1.807) is 0 Å². The highest BCUT2D eigenvalue weighted by atomic mass is 28.4. The van der Waals surface area contributed by atoms with Gasteiger partial charge in [0.15, 0.2) is 0 Å². The SMILES string of the molecule is CC(C)(C)c1cccc([Si](C)(C)c2cccc3c2C=CC3)c1O[Si](C)(C)C. The molecule has 3 rings (SSSR count). The largest absolute Gasteiger partial charge is 0.544 e. The lowest BCUT2D eigenvalue weighted by molar-refractivity contribution is 0.511. The Morgan fingerprint density at radius 2 is 1.48 bits per heavy atom. The predicted molar refractivity (Wildman–Crippen MR) is 125 cm³/mol. The number of benzene rings is 2. The average molecular weight is 395 g/mol. The number of allylic oxidation sites excluding steroid dienone is 1. The molecule has 0 aliphatic heterocycles. The fourth-order valence-electron chi connectivity index (χ4n) is 4.02. The van der Waals surface area contributed by atoms with Gasteiger partial charge < -0.3 is 4.43 Å². The van der Waals surface area contributed by atoms with E-state index in [9.17, 15) is 0 Å². The molecule has 0 aromatic heterocycles. The summed E-state index contributed by atoms with van der Waals surface area (Å²) in [5, 5.41) is 2.96. The lowest BCUT2D eigenvalue weighted by atomic mass is 9.86. The van der Waals surface area contributed by atoms with Crippen LogP contribution < -0.4 is 14.8 Å². The van der Waals surface area contributed by atoms with Gasteiger partial charge in [0.25, 0.3) is 0 Å². The highest BCUT2D eigenvalue weighted by Crippen LogP contribution is 2.33. The summed E-state index contributed by atoms with van der Waals surface area (Å²) in [6, 6.07) is 13.7. The average Bonchev–Trinajstić information content (AvgIpc) is 3.00. The maximum absolute atomic E-state index is 6.77. The van der Waals surface area contributed by atoms with Crippen LogP contribution in [0.15, 0.2) is 42.5 Å². The molecule has 0 fully saturated rings. The molecular weight excluding hydrogens is 360 g/mol. The molecule has 0 spiro atoms. The lowest BCUT2D eigenvalue weighted by Crippen LogP contribution is -2.55. The van der Waals surface area contributed by atoms with Gasteiger partial charge in [-0.25, -0.2) is 0 Å². The topological polar surface area (TPSA) is 9.23 Å². The quantitative estimate of drug-likeness (QED) is 0.614. The Balaban J connectivity index is 2.24. The molecule has 144 valence electrons. The minimum Gasteiger partial charge on any atom is -0.544 e. The first kappa shape index (κ1) is 20.2. The van der Waals surface area contributed by atoms with Gasteiger partial charge in [-0.05, 0) is 58.5 Å². The molecule has 3 heteroatoms. The van der Waals surface area contributed by atoms with Crippen LogP contribution >= 0.6 is 0 Å². The Morgan fingerprint density at radius 1 is 0.852 bits per heavy atom. The van der Waals surface area contributed by atoms with E-state index in [0.717, 1.165) is 6.42 Å². The van der Waals surface area contributed by atoms with Crippen molar-refractivity contribution in [2.24, 2.45) is 0 Å². The van der Waals surface area contributed by atoms with Gasteiger partial charge in [-0.3, -0.25) is 0 Å². The van der Waals surface area contributed by atoms with E-state index >= 15 is 0 Å². The molecule has 1 aliphatic rings. The summed E-state index contributed by atoms with van der Waals surface area (Å²) < 4.78 is 6.77. The highest BCUT2D eigenvalue weighted by Gasteiger charge is 2.36. The van der Waals surface area contributed by atoms with Gasteiger partial charge in [0.2, 0.25) is 8.32 Å². The van der Waals surface area contributed by atoms with Crippen molar-refractivity contribution < 1.29 is 4.43 Å². The zero-order valence-corrected chi connectivity index (χ0v) is 20.2. The first-order valence-corrected chi connectivity index (χ1v) is 16.4. The second kappa shape index (κ2) is 6.78. The summed E-state index contributed by atoms with van der Waals surface area (Å²) in [4.78, 5) is 0. The molecule has 2 aromatic carbocycles. The Bertz CT molecular complexity index is 880. The molecule has 0 radical (unpaired) electrons. The van der Waals surface area contributed by atoms with Crippen LogP contribution in [0.1, 0.15) is 37.5 Å². The van der Waals surface area contributed by atoms with Crippen LogP contribution in [-0.4, -0.2) is 16.4 Å². The zero-order chi connectivity index (χ0) is 20.0. The predicted octanol–water partition coefficient (Wildman–Crippen LogP) is 5.59. The molecule has 0 saturated carbocycles. The minimum atomic E-state index is -1.92. The van der Waals surface area contributed by atoms with Crippen molar-refractivity contribution >= 4 is 32.8 Å². The van der Waals surface area contributed by atoms with Crippen molar-refractivity contribution in [2.45, 2.75) is 65.3 Å². The molecule has 0 amide bonds. The van der Waals surface area contributed by atoms with Crippen LogP contribution in [-0.2, 0) is 11.8 Å². The van der Waals surface area contributed by atoms with Gasteiger partial charge in [0, 0.05) is 0 Å². The van der Waals surface area contributed by atoms with Crippen LogP contribution in [0, 0.1) is 0 Å². The van der Waals surface area contributed by atoms with Crippen molar-refractivity contribution in [2.75, 3.05) is 0 Å². The third kappa shape index (κ3) is 3.99. The van der Waals surface area contributed by atoms with Crippen LogP contribution in [0.5, 0.6) is 5.75 Å². The maximum Gasteiger partial charge on any atom is 0.242 e. The summed E-state index contributed by atoms with van der Waals surface area (Å²) in [7, 11) is -3.65. The van der Waals surface area contributed by atoms with Crippen LogP contribution in [0.3, 0.4) is 0 Å². The first-order valence-electron chi connectivity index (χ1n) is 10.0. The normalized spacial score (nSPS) is 14.4. The van der Waals surface area contributed by atoms with Gasteiger partial charge in [-0.2, -0.15) is 0 Å². The Hall–Kier alpha value is -1.59. The van der Waals surface area contributed by atoms with Crippen molar-refractivity contribution in [3.63, 3.8) is 0 Å². The maximum atomic E-state index is 6.77. The van der Waals surface area contributed by atoms with Gasteiger partial charge in [-0.15, -0.1) is 0 Å². The number of hydrogen-bond acceptors (Lipinski definition) is 1. The first-order chi connectivity index (χ1) is 12.4. The molecule has 0 heterocycles. The third-order valence-corrected chi connectivity index (χ3v) is 9.74. The molecule has 0 N–H and O–H groups in total. The van der Waals surface area contributed by atoms with Crippen LogP contribution in [0.4, 0.5) is 0 Å². The van der Waals surface area contributed by atoms with Crippen LogP contribution in [0.25, 0.3) is 6.08 Å². The molecule has 0 atom stereocenters. The van der Waals surface area contributed by atoms with E-state index in [0.29, 0.717) is 0 Å². The smallest absolute Gasteiger partial charge is 0.242 e. The van der Waals surface area contributed by atoms with Crippen molar-refractivity contribution in [1.29, 1.82) is 0 Å². The highest BCUT2D eigenvalue weighted by molar-refractivity contribution is 7.01. The van der Waals surface area contributed by atoms with E-state index in [2.05, 4.69) is 102 Å². The second-order valence-electron chi connectivity index (χ2n) is 10.3. The summed E-state index contributed by atoms with van der Waals surface area (Å²) in [6.07, 6.45) is 5.68. The number of para-hydroxylation sites is 1. The number of fused-ring (bicyclic) bond motifs is 1. The molecule has 1 aliphatic carbocycles. The fourth-order valence-corrected chi connectivity index (χ4v) is 7.94. The summed E-state index contributed by atoms with van der Waals surface area (Å²) in [5.74, 6) is 1.17. The van der Waals surface area contributed by atoms with Gasteiger partial charge in [-0.1, -0.05) is 82.4 Å². The summed E-state index contributed by atoms with van der Waals surface area (Å²) in [6.45, 7) is 18.7. The lowest BCUT2D eigenvalue weighted by Gasteiger charge is -2.34. The second-order valence-corrected chi connectivity index (χ2v) is 19.0. The van der Waals surface area contributed by atoms with E-state index in [1.807, 2.05) is 0 Å². The van der Waals surface area contributed by atoms with Gasteiger partial charge in [0.05, 0.1) is 0 Å². The molecule has 0 saturated heterocycles. The molecule has 1 nitrogen and oxygen atoms in total. The third-order valence-electron chi connectivity index (χ3n) is 5.40. The van der Waals surface area contributed by atoms with Gasteiger partial charge >= 0.3 is 0 Å². The van der Waals surface area contributed by atoms with E-state index < -0.39 is 16.4 Å². The Labute approximate surface area is 167 Å². The molecule has 0 bridgehead atoms. The standard InChI is InChI=1S/C24H34OSi2/c1-24(2,3)20-15-11-17-22(23(20)25-26(4,5)6)27(7,8)21-16-10-13-18-12-9-14-19(18)21/h9-11,13-17H,12H2,1-8H3. The molecule has 2 aromatic rings. The van der Waals surface area contributed by atoms with Crippen LogP contribution in [0.2, 0.25) is 32.7 Å². The van der Waals surface area contributed by atoms with Gasteiger partial charge in [0.1, 0.15) is 13.8 Å². The molecule has 27 heavy (non-hydrogen) atoms. The van der Waals surface area contributed by atoms with Crippen molar-refractivity contribution in [3.8, 4) is 5.75 Å². The van der Waals surface area contributed by atoms with Crippen molar-refractivity contribution in [1.82, 2.24) is 0 Å². The summed E-state index contributed by atoms with van der Waals surface area (Å²) in [5.41, 5.74) is 4.32. The fraction of sp³-hybridized carbons (Fsp3) is 0.417. The van der Waals surface area contributed by atoms with Crippen molar-refractivity contribution in [3.05, 3.63) is 59.2 Å². The number of hydrogen-bond donors (Lipinski definition) is 0. The zero-order valence-electron chi connectivity index (χ0n) is 18.2. The van der Waals surface area contributed by atoms with E-state index in [1.165, 1.54) is 32.8 Å². The Morgan fingerprint density at radius 3 is 2.11 bits per heavy atom. The van der Waals surface area contributed by atoms with E-state index in [4.69, 9.17) is 4.43 Å². The summed E-state index contributed by atoms with van der Waals surface area (Å²) >= 11 is 0. The number of rotatable bonds is 4. The minimum absolute atomic E-state index is 0.0635. The molecule has 0 unspecified atom stereocenters. The van der Waals surface area contributed by atoms with E-state index in [-0.39, 0.29) is 5.41 Å². The monoisotopic (exact) mass is 394 g/mol. The Kier molecular flexibility index (Phi) is 5.07. The molecular formula is C24H34OSi2.